The van der Waals surface area contributed by atoms with E-state index >= 15 is 0 Å². The topological polar surface area (TPSA) is 0 Å². The van der Waals surface area contributed by atoms with E-state index in [1.54, 1.807) is 0 Å². The molecule has 0 spiro atoms. The third-order valence-electron chi connectivity index (χ3n) is 6.09. The van der Waals surface area contributed by atoms with E-state index < -0.39 is 15.8 Å². The second-order valence-electron chi connectivity index (χ2n) is 8.68. The van der Waals surface area contributed by atoms with Gasteiger partial charge in [0.1, 0.15) is 0 Å². The van der Waals surface area contributed by atoms with Gasteiger partial charge >= 0.3 is 0 Å². The number of rotatable bonds is 6. The summed E-state index contributed by atoms with van der Waals surface area (Å²) in [7, 11) is -0.892. The van der Waals surface area contributed by atoms with Crippen LogP contribution >= 0.6 is 28.3 Å². The van der Waals surface area contributed by atoms with Gasteiger partial charge in [-0.3, -0.25) is 0 Å². The Labute approximate surface area is 260 Å². The fraction of sp³-hybridized carbons (Fsp3) is 0. The Hall–Kier alpha value is -2.91. The molecule has 0 aliphatic heterocycles. The number of halogens is 1. The van der Waals surface area contributed by atoms with Crippen LogP contribution in [-0.4, -0.2) is 0 Å². The molecule has 0 aliphatic rings. The zero-order chi connectivity index (χ0) is 25.8. The van der Waals surface area contributed by atoms with Gasteiger partial charge in [0.05, 0.1) is 0 Å². The van der Waals surface area contributed by atoms with E-state index in [0.717, 1.165) is 0 Å². The van der Waals surface area contributed by atoms with Crippen molar-refractivity contribution in [1.82, 2.24) is 0 Å². The van der Waals surface area contributed by atoms with Gasteiger partial charge in [0.15, 0.2) is 0 Å². The van der Waals surface area contributed by atoms with Crippen molar-refractivity contribution in [3.8, 4) is 0 Å². The van der Waals surface area contributed by atoms with E-state index in [4.69, 9.17) is 0 Å². The Morgan fingerprint density at radius 2 is 0.350 bits per heavy atom. The smallest absolute Gasteiger partial charge is 0 e. The van der Waals surface area contributed by atoms with Crippen molar-refractivity contribution in [2.75, 3.05) is 0 Å². The van der Waals surface area contributed by atoms with Gasteiger partial charge in [-0.25, -0.2) is 0 Å². The number of hydrogen-bond acceptors (Lipinski definition) is 0. The molecular formula is C36H31ClP2Rh. The fourth-order valence-electron chi connectivity index (χ4n) is 4.36. The molecule has 0 saturated carbocycles. The summed E-state index contributed by atoms with van der Waals surface area (Å²) >= 11 is 0. The molecule has 40 heavy (non-hydrogen) atoms. The fourth-order valence-corrected chi connectivity index (χ4v) is 8.97. The third-order valence-corrected chi connectivity index (χ3v) is 11.0. The largest absolute Gasteiger partial charge is 0.147 e. The monoisotopic (exact) mass is 663 g/mol. The van der Waals surface area contributed by atoms with Crippen LogP contribution in [0.25, 0.3) is 0 Å². The molecule has 0 heterocycles. The average molecular weight is 664 g/mol. The van der Waals surface area contributed by atoms with Gasteiger partial charge in [0.2, 0.25) is 0 Å². The summed E-state index contributed by atoms with van der Waals surface area (Å²) in [6, 6.07) is 64.7. The quantitative estimate of drug-likeness (QED) is 0.130. The minimum atomic E-state index is -0.446. The van der Waals surface area contributed by atoms with Crippen LogP contribution in [0.4, 0.5) is 0 Å². The van der Waals surface area contributed by atoms with Crippen LogP contribution in [0, 0.1) is 0 Å². The van der Waals surface area contributed by atoms with Crippen LogP contribution < -0.4 is 31.8 Å². The molecule has 201 valence electrons. The van der Waals surface area contributed by atoms with E-state index in [2.05, 4.69) is 182 Å². The molecule has 0 nitrogen and oxygen atoms in total. The van der Waals surface area contributed by atoms with E-state index in [0.29, 0.717) is 0 Å². The summed E-state index contributed by atoms with van der Waals surface area (Å²) in [5.41, 5.74) is 0. The van der Waals surface area contributed by atoms with Crippen molar-refractivity contribution in [2.45, 2.75) is 0 Å². The Morgan fingerprint density at radius 1 is 0.225 bits per heavy atom. The molecule has 0 aromatic heterocycles. The standard InChI is InChI=1S/2C18H15P.ClH.Rh/c2*1-4-10-16(11-5-1)19(17-12-6-2-7-13-17)18-14-8-3-9-15-18;;/h2*1-15H;1H;. The molecule has 4 heteroatoms. The zero-order valence-electron chi connectivity index (χ0n) is 22.0. The first-order chi connectivity index (χ1) is 18.9. The van der Waals surface area contributed by atoms with Crippen LogP contribution in [-0.2, 0) is 19.5 Å². The summed E-state index contributed by atoms with van der Waals surface area (Å²) in [4.78, 5) is 0. The first-order valence-electron chi connectivity index (χ1n) is 12.8. The Balaban J connectivity index is 0.000000210. The molecule has 0 amide bonds. The minimum absolute atomic E-state index is 0. The first-order valence-corrected chi connectivity index (χ1v) is 15.5. The summed E-state index contributed by atoms with van der Waals surface area (Å²) in [5.74, 6) is 0. The molecular weight excluding hydrogens is 633 g/mol. The van der Waals surface area contributed by atoms with E-state index in [1.165, 1.54) is 31.8 Å². The van der Waals surface area contributed by atoms with E-state index in [1.807, 2.05) is 0 Å². The SMILES string of the molecule is Cl.[Rh].c1ccc(P(c2ccccc2)c2ccccc2)cc1.c1ccc(P(c2ccccc2)c2ccccc2)cc1. The maximum atomic E-state index is 2.23. The molecule has 0 bridgehead atoms. The average Bonchev–Trinajstić information content (AvgIpc) is 3.01. The Morgan fingerprint density at radius 3 is 0.475 bits per heavy atom. The molecule has 0 N–H and O–H groups in total. The molecule has 1 radical (unpaired) electrons. The van der Waals surface area contributed by atoms with Crippen LogP contribution in [0.2, 0.25) is 0 Å². The van der Waals surface area contributed by atoms with E-state index in [9.17, 15) is 0 Å². The van der Waals surface area contributed by atoms with Crippen molar-refractivity contribution in [1.29, 1.82) is 0 Å². The van der Waals surface area contributed by atoms with Crippen molar-refractivity contribution < 1.29 is 19.5 Å². The molecule has 6 aromatic rings. The maximum absolute atomic E-state index is 2.23. The van der Waals surface area contributed by atoms with Crippen LogP contribution in [0.1, 0.15) is 0 Å². The van der Waals surface area contributed by atoms with Gasteiger partial charge in [0.25, 0.3) is 0 Å². The molecule has 0 fully saturated rings. The van der Waals surface area contributed by atoms with Gasteiger partial charge < -0.3 is 0 Å². The van der Waals surface area contributed by atoms with Crippen molar-refractivity contribution in [3.63, 3.8) is 0 Å². The van der Waals surface area contributed by atoms with Gasteiger partial charge in [0, 0.05) is 19.5 Å². The van der Waals surface area contributed by atoms with Crippen LogP contribution in [0.3, 0.4) is 0 Å². The van der Waals surface area contributed by atoms with Crippen molar-refractivity contribution >= 4 is 60.1 Å². The predicted octanol–water partition coefficient (Wildman–Crippen LogP) is 7.31. The normalized spacial score (nSPS) is 10.1. The Bertz CT molecular complexity index is 1180. The van der Waals surface area contributed by atoms with Gasteiger partial charge in [-0.2, -0.15) is 0 Å². The second-order valence-corrected chi connectivity index (χ2v) is 13.1. The molecule has 6 rings (SSSR count). The summed E-state index contributed by atoms with van der Waals surface area (Å²) < 4.78 is 0. The van der Waals surface area contributed by atoms with Crippen molar-refractivity contribution in [2.24, 2.45) is 0 Å². The molecule has 0 saturated heterocycles. The van der Waals surface area contributed by atoms with E-state index in [-0.39, 0.29) is 31.9 Å². The van der Waals surface area contributed by atoms with Gasteiger partial charge in [-0.05, 0) is 47.7 Å². The summed E-state index contributed by atoms with van der Waals surface area (Å²) in [6.07, 6.45) is 0. The minimum Gasteiger partial charge on any atom is -0.147 e. The molecule has 6 aromatic carbocycles. The zero-order valence-corrected chi connectivity index (χ0v) is 26.2. The van der Waals surface area contributed by atoms with Crippen molar-refractivity contribution in [3.05, 3.63) is 182 Å². The second kappa shape index (κ2) is 17.0. The third kappa shape index (κ3) is 8.54. The molecule has 0 atom stereocenters. The van der Waals surface area contributed by atoms with Crippen LogP contribution in [0.15, 0.2) is 182 Å². The Kier molecular flexibility index (Phi) is 13.5. The number of hydrogen-bond donors (Lipinski definition) is 0. The van der Waals surface area contributed by atoms with Gasteiger partial charge in [-0.15, -0.1) is 12.4 Å². The van der Waals surface area contributed by atoms with Gasteiger partial charge in [-0.1, -0.05) is 182 Å². The summed E-state index contributed by atoms with van der Waals surface area (Å²) in [5, 5.41) is 8.39. The summed E-state index contributed by atoms with van der Waals surface area (Å²) in [6.45, 7) is 0. The first kappa shape index (κ1) is 31.6. The predicted molar refractivity (Wildman–Crippen MR) is 178 cm³/mol. The molecule has 0 unspecified atom stereocenters. The van der Waals surface area contributed by atoms with Crippen LogP contribution in [0.5, 0.6) is 0 Å². The number of benzene rings is 6. The maximum Gasteiger partial charge on any atom is 0 e. The molecule has 0 aliphatic carbocycles.